The number of carbonyl (C=O) groups excluding carboxylic acids is 1. The van der Waals surface area contributed by atoms with E-state index in [1.54, 1.807) is 36.4 Å². The Hall–Kier alpha value is -1.66. The third-order valence-electron chi connectivity index (χ3n) is 2.92. The molecule has 2 aromatic rings. The number of hydrogen-bond acceptors (Lipinski definition) is 4. The highest BCUT2D eigenvalue weighted by atomic mass is 79.9. The highest BCUT2D eigenvalue weighted by molar-refractivity contribution is 9.10. The lowest BCUT2D eigenvalue weighted by atomic mass is 10.1. The average molecular weight is 369 g/mol. The molecular weight excluding hydrogens is 356 g/mol. The molecule has 0 aliphatic rings. The minimum atomic E-state index is -3.52. The summed E-state index contributed by atoms with van der Waals surface area (Å²) in [5.74, 6) is -0.818. The second-order valence-electron chi connectivity index (χ2n) is 4.37. The van der Waals surface area contributed by atoms with Gasteiger partial charge >= 0.3 is 5.97 Å². The first-order valence-corrected chi connectivity index (χ1v) is 8.53. The molecule has 0 atom stereocenters. The lowest BCUT2D eigenvalue weighted by molar-refractivity contribution is 0.0600. The van der Waals surface area contributed by atoms with Crippen LogP contribution in [0.25, 0.3) is 0 Å². The van der Waals surface area contributed by atoms with Gasteiger partial charge in [-0.15, -0.1) is 0 Å². The van der Waals surface area contributed by atoms with E-state index in [-0.39, 0.29) is 16.2 Å². The fourth-order valence-corrected chi connectivity index (χ4v) is 3.70. The quantitative estimate of drug-likeness (QED) is 0.777. The van der Waals surface area contributed by atoms with Gasteiger partial charge in [-0.2, -0.15) is 0 Å². The van der Waals surface area contributed by atoms with Crippen molar-refractivity contribution in [2.24, 2.45) is 0 Å². The Kier molecular flexibility index (Phi) is 4.80. The largest absolute Gasteiger partial charge is 0.465 e. The minimum absolute atomic E-state index is 0.223. The van der Waals surface area contributed by atoms with Crippen LogP contribution in [0.1, 0.15) is 15.9 Å². The van der Waals surface area contributed by atoms with Crippen LogP contribution in [0, 0.1) is 0 Å². The summed E-state index contributed by atoms with van der Waals surface area (Å²) in [5.41, 5.74) is 0.653. The molecule has 6 heteroatoms. The van der Waals surface area contributed by atoms with Crippen LogP contribution in [0.5, 0.6) is 0 Å². The van der Waals surface area contributed by atoms with Gasteiger partial charge in [-0.1, -0.05) is 34.1 Å². The fraction of sp³-hybridized carbons (Fsp3) is 0.133. The molecule has 0 unspecified atom stereocenters. The molecule has 2 aromatic carbocycles. The molecule has 4 nitrogen and oxygen atoms in total. The lowest BCUT2D eigenvalue weighted by Gasteiger charge is -2.09. The molecule has 0 aliphatic heterocycles. The Labute approximate surface area is 131 Å². The molecular formula is C15H13BrO4S. The van der Waals surface area contributed by atoms with Crippen molar-refractivity contribution in [3.63, 3.8) is 0 Å². The first kappa shape index (κ1) is 15.7. The molecule has 0 spiro atoms. The first-order valence-electron chi connectivity index (χ1n) is 6.08. The van der Waals surface area contributed by atoms with Gasteiger partial charge in [0.2, 0.25) is 0 Å². The van der Waals surface area contributed by atoms with Crippen LogP contribution in [-0.4, -0.2) is 21.5 Å². The molecule has 21 heavy (non-hydrogen) atoms. The molecule has 0 radical (unpaired) electrons. The lowest BCUT2D eigenvalue weighted by Crippen LogP contribution is -2.11. The van der Waals surface area contributed by atoms with Gasteiger partial charge in [-0.05, 0) is 35.9 Å². The summed E-state index contributed by atoms with van der Waals surface area (Å²) in [6, 6.07) is 13.0. The predicted octanol–water partition coefficient (Wildman–Crippen LogP) is 3.21. The molecule has 0 bridgehead atoms. The zero-order valence-electron chi connectivity index (χ0n) is 11.2. The van der Waals surface area contributed by atoms with Gasteiger partial charge in [0.1, 0.15) is 0 Å². The maximum absolute atomic E-state index is 12.4. The standard InChI is InChI=1S/C15H13BrO4S/c1-20-15(17)14-8-7-12(16)9-11(14)10-21(18,19)13-5-3-2-4-6-13/h2-9H,10H2,1H3. The second-order valence-corrected chi connectivity index (χ2v) is 7.27. The monoisotopic (exact) mass is 368 g/mol. The summed E-state index contributed by atoms with van der Waals surface area (Å²) in [4.78, 5) is 12.0. The molecule has 0 saturated heterocycles. The van der Waals surface area contributed by atoms with E-state index in [9.17, 15) is 13.2 Å². The average Bonchev–Trinajstić information content (AvgIpc) is 2.47. The predicted molar refractivity (Wildman–Crippen MR) is 82.8 cm³/mol. The molecule has 0 aromatic heterocycles. The van der Waals surface area contributed by atoms with Crippen molar-refractivity contribution in [2.45, 2.75) is 10.6 Å². The van der Waals surface area contributed by atoms with Crippen molar-refractivity contribution >= 4 is 31.7 Å². The number of methoxy groups -OCH3 is 1. The van der Waals surface area contributed by atoms with Crippen LogP contribution >= 0.6 is 15.9 Å². The summed E-state index contributed by atoms with van der Waals surface area (Å²) >= 11 is 3.28. The molecule has 0 N–H and O–H groups in total. The smallest absolute Gasteiger partial charge is 0.338 e. The van der Waals surface area contributed by atoms with Gasteiger partial charge in [0, 0.05) is 4.47 Å². The van der Waals surface area contributed by atoms with Gasteiger partial charge < -0.3 is 4.74 Å². The van der Waals surface area contributed by atoms with E-state index in [2.05, 4.69) is 20.7 Å². The van der Waals surface area contributed by atoms with Crippen LogP contribution in [0.15, 0.2) is 57.9 Å². The maximum atomic E-state index is 12.4. The normalized spacial score (nSPS) is 11.1. The number of halogens is 1. The van der Waals surface area contributed by atoms with Crippen LogP contribution in [-0.2, 0) is 20.3 Å². The van der Waals surface area contributed by atoms with E-state index < -0.39 is 15.8 Å². The van der Waals surface area contributed by atoms with Crippen LogP contribution in [0.4, 0.5) is 0 Å². The minimum Gasteiger partial charge on any atom is -0.465 e. The molecule has 110 valence electrons. The summed E-state index contributed by atoms with van der Waals surface area (Å²) < 4.78 is 30.2. The maximum Gasteiger partial charge on any atom is 0.338 e. The summed E-state index contributed by atoms with van der Waals surface area (Å²) in [7, 11) is -2.26. The second kappa shape index (κ2) is 6.41. The Morgan fingerprint density at radius 2 is 1.81 bits per heavy atom. The van der Waals surface area contributed by atoms with Crippen molar-refractivity contribution in [3.8, 4) is 0 Å². The van der Waals surface area contributed by atoms with Gasteiger partial charge in [0.25, 0.3) is 0 Å². The van der Waals surface area contributed by atoms with Crippen molar-refractivity contribution in [3.05, 3.63) is 64.1 Å². The highest BCUT2D eigenvalue weighted by Crippen LogP contribution is 2.23. The van der Waals surface area contributed by atoms with Gasteiger partial charge in [0.05, 0.1) is 23.3 Å². The van der Waals surface area contributed by atoms with Crippen LogP contribution in [0.2, 0.25) is 0 Å². The molecule has 0 fully saturated rings. The zero-order chi connectivity index (χ0) is 15.5. The number of benzene rings is 2. The van der Waals surface area contributed by atoms with Crippen LogP contribution in [0.3, 0.4) is 0 Å². The van der Waals surface area contributed by atoms with Crippen molar-refractivity contribution in [2.75, 3.05) is 7.11 Å². The first-order chi connectivity index (χ1) is 9.94. The number of ether oxygens (including phenoxy) is 1. The number of sulfone groups is 1. The number of rotatable bonds is 4. The summed E-state index contributed by atoms with van der Waals surface area (Å²) in [5, 5.41) is 0. The van der Waals surface area contributed by atoms with Crippen molar-refractivity contribution < 1.29 is 17.9 Å². The van der Waals surface area contributed by atoms with E-state index >= 15 is 0 Å². The molecule has 0 amide bonds. The Morgan fingerprint density at radius 1 is 1.14 bits per heavy atom. The third kappa shape index (κ3) is 3.71. The van der Waals surface area contributed by atoms with E-state index in [1.807, 2.05) is 0 Å². The van der Waals surface area contributed by atoms with Crippen molar-refractivity contribution in [1.82, 2.24) is 0 Å². The van der Waals surface area contributed by atoms with E-state index in [1.165, 1.54) is 19.2 Å². The summed E-state index contributed by atoms with van der Waals surface area (Å²) in [6.45, 7) is 0. The number of carbonyl (C=O) groups is 1. The fourth-order valence-electron chi connectivity index (χ4n) is 1.91. The van der Waals surface area contributed by atoms with E-state index in [0.717, 1.165) is 0 Å². The third-order valence-corrected chi connectivity index (χ3v) is 5.10. The van der Waals surface area contributed by atoms with Crippen molar-refractivity contribution in [1.29, 1.82) is 0 Å². The van der Waals surface area contributed by atoms with Gasteiger partial charge in [0.15, 0.2) is 9.84 Å². The number of esters is 1. The van der Waals surface area contributed by atoms with E-state index in [4.69, 9.17) is 0 Å². The SMILES string of the molecule is COC(=O)c1ccc(Br)cc1CS(=O)(=O)c1ccccc1. The number of hydrogen-bond donors (Lipinski definition) is 0. The topological polar surface area (TPSA) is 60.4 Å². The summed E-state index contributed by atoms with van der Waals surface area (Å²) in [6.07, 6.45) is 0. The highest BCUT2D eigenvalue weighted by Gasteiger charge is 2.20. The molecule has 0 heterocycles. The molecule has 0 saturated carbocycles. The Balaban J connectivity index is 2.44. The van der Waals surface area contributed by atoms with E-state index in [0.29, 0.717) is 10.0 Å². The molecule has 0 aliphatic carbocycles. The van der Waals surface area contributed by atoms with Gasteiger partial charge in [-0.25, -0.2) is 13.2 Å². The van der Waals surface area contributed by atoms with Gasteiger partial charge in [-0.3, -0.25) is 0 Å². The van der Waals surface area contributed by atoms with Crippen LogP contribution < -0.4 is 0 Å². The Morgan fingerprint density at radius 3 is 2.43 bits per heavy atom. The zero-order valence-corrected chi connectivity index (χ0v) is 13.6. The molecule has 2 rings (SSSR count). The Bertz CT molecular complexity index is 754.